The van der Waals surface area contributed by atoms with Crippen LogP contribution in [0.3, 0.4) is 0 Å². The number of thiophene rings is 1. The van der Waals surface area contributed by atoms with Gasteiger partial charge in [-0.1, -0.05) is 19.3 Å². The largest absolute Gasteiger partial charge is 0.346 e. The second-order valence-electron chi connectivity index (χ2n) is 12.0. The van der Waals surface area contributed by atoms with E-state index in [4.69, 9.17) is 0 Å². The number of hydrogen-bond donors (Lipinski definition) is 2. The Balaban J connectivity index is 1.26. The van der Waals surface area contributed by atoms with E-state index in [1.807, 2.05) is 24.0 Å². The monoisotopic (exact) mass is 562 g/mol. The molecule has 2 aliphatic heterocycles. The summed E-state index contributed by atoms with van der Waals surface area (Å²) in [6.45, 7) is 3.40. The van der Waals surface area contributed by atoms with Gasteiger partial charge in [-0.05, 0) is 70.8 Å². The highest BCUT2D eigenvalue weighted by molar-refractivity contribution is 7.20. The lowest BCUT2D eigenvalue weighted by atomic mass is 9.70. The molecule has 2 N–H and O–H groups in total. The van der Waals surface area contributed by atoms with Crippen LogP contribution in [0.1, 0.15) is 74.4 Å². The first-order valence-electron chi connectivity index (χ1n) is 14.5. The summed E-state index contributed by atoms with van der Waals surface area (Å²) in [4.78, 5) is 54.3. The summed E-state index contributed by atoms with van der Waals surface area (Å²) in [5.41, 5.74) is 1.87. The van der Waals surface area contributed by atoms with Crippen molar-refractivity contribution < 1.29 is 14.4 Å². The van der Waals surface area contributed by atoms with Crippen LogP contribution in [-0.2, 0) is 9.59 Å². The van der Waals surface area contributed by atoms with E-state index in [9.17, 15) is 14.4 Å². The van der Waals surface area contributed by atoms with Gasteiger partial charge >= 0.3 is 0 Å². The highest BCUT2D eigenvalue weighted by Gasteiger charge is 2.50. The fourth-order valence-electron chi connectivity index (χ4n) is 7.17. The van der Waals surface area contributed by atoms with E-state index in [0.29, 0.717) is 40.1 Å². The Morgan fingerprint density at radius 2 is 1.88 bits per heavy atom. The molecule has 1 saturated carbocycles. The average Bonchev–Trinajstić information content (AvgIpc) is 3.49. The minimum Gasteiger partial charge on any atom is -0.346 e. The minimum atomic E-state index is -0.203. The zero-order chi connectivity index (χ0) is 28.0. The van der Waals surface area contributed by atoms with Gasteiger partial charge in [0.05, 0.1) is 16.0 Å². The molecule has 2 aliphatic carbocycles. The van der Waals surface area contributed by atoms with Crippen LogP contribution in [0.25, 0.3) is 10.2 Å². The Kier molecular flexibility index (Phi) is 7.25. The number of Topliss-reactive ketones (excluding diaryl/α,β-unsaturated/α-hetero) is 1. The molecular weight excluding hydrogens is 524 g/mol. The van der Waals surface area contributed by atoms with E-state index in [1.54, 1.807) is 0 Å². The zero-order valence-corrected chi connectivity index (χ0v) is 24.4. The van der Waals surface area contributed by atoms with Crippen LogP contribution in [-0.4, -0.2) is 76.1 Å². The number of likely N-dealkylation sites (tertiary alicyclic amines) is 1. The molecule has 0 bridgehead atoms. The number of carbonyl (C=O) groups is 3. The van der Waals surface area contributed by atoms with Gasteiger partial charge in [0.25, 0.3) is 5.91 Å². The molecule has 4 heterocycles. The third kappa shape index (κ3) is 4.85. The standard InChI is InChI=1S/C30H38N6O3S/c1-18-15-22(23(37)8-7-21-25(18)27(38)34-30(21)11-5-4-6-12-30)33-26-20-16-24(40-28(20)32-17-31-26)29(39)36-13-9-19(10-14-36)35(2)3/h15-17,19,21H,4-14H2,1-3H3,(H,34,38)(H,31,32,33)/b22-15+,25-18+. The molecular formula is C30H38N6O3S. The van der Waals surface area contributed by atoms with Crippen molar-refractivity contribution in [2.75, 3.05) is 32.5 Å². The van der Waals surface area contributed by atoms with Gasteiger partial charge in [-0.3, -0.25) is 14.4 Å². The summed E-state index contributed by atoms with van der Waals surface area (Å²) >= 11 is 1.36. The number of anilines is 1. The second kappa shape index (κ2) is 10.7. The summed E-state index contributed by atoms with van der Waals surface area (Å²) < 4.78 is 0. The topological polar surface area (TPSA) is 108 Å². The number of carbonyl (C=O) groups excluding carboxylic acids is 3. The number of hydrogen-bond acceptors (Lipinski definition) is 8. The molecule has 9 nitrogen and oxygen atoms in total. The fourth-order valence-corrected chi connectivity index (χ4v) is 8.13. The van der Waals surface area contributed by atoms with E-state index < -0.39 is 0 Å². The van der Waals surface area contributed by atoms with Crippen molar-refractivity contribution in [2.45, 2.75) is 76.3 Å². The number of fused-ring (bicyclic) bond motifs is 3. The molecule has 2 saturated heterocycles. The van der Waals surface area contributed by atoms with Crippen molar-refractivity contribution >= 4 is 45.0 Å². The van der Waals surface area contributed by atoms with Gasteiger partial charge in [0.2, 0.25) is 5.91 Å². The first-order valence-corrected chi connectivity index (χ1v) is 15.3. The minimum absolute atomic E-state index is 0.00534. The summed E-state index contributed by atoms with van der Waals surface area (Å²) in [6, 6.07) is 2.34. The first-order chi connectivity index (χ1) is 19.3. The number of piperidine rings is 1. The van der Waals surface area contributed by atoms with Crippen LogP contribution >= 0.6 is 11.3 Å². The SMILES string of the molecule is CC1=C2\C(=O)NC3(CCCCC3)C2CCC(=O)/C(Nc2ncnc3sc(C(=O)N4CCC(N(C)C)CC4)cc23)=C\1. The lowest BCUT2D eigenvalue weighted by Crippen LogP contribution is -2.47. The quantitative estimate of drug-likeness (QED) is 0.573. The zero-order valence-electron chi connectivity index (χ0n) is 23.6. The van der Waals surface area contributed by atoms with Crippen molar-refractivity contribution in [3.05, 3.63) is 40.2 Å². The van der Waals surface area contributed by atoms with Gasteiger partial charge in [-0.15, -0.1) is 11.3 Å². The Morgan fingerprint density at radius 1 is 1.12 bits per heavy atom. The number of rotatable bonds is 4. The number of allylic oxidation sites excluding steroid dienone is 3. The Bertz CT molecular complexity index is 1410. The van der Waals surface area contributed by atoms with Gasteiger partial charge in [-0.2, -0.15) is 0 Å². The molecule has 0 radical (unpaired) electrons. The summed E-state index contributed by atoms with van der Waals surface area (Å²) in [5, 5.41) is 7.31. The van der Waals surface area contributed by atoms with E-state index in [1.165, 1.54) is 24.1 Å². The van der Waals surface area contributed by atoms with Crippen LogP contribution in [0.15, 0.2) is 35.3 Å². The molecule has 4 aliphatic rings. The molecule has 1 spiro atoms. The first kappa shape index (κ1) is 27.1. The highest BCUT2D eigenvalue weighted by Crippen LogP contribution is 2.46. The lowest BCUT2D eigenvalue weighted by Gasteiger charge is -2.39. The van der Waals surface area contributed by atoms with Crippen molar-refractivity contribution in [1.82, 2.24) is 25.1 Å². The molecule has 1 atom stereocenters. The maximum atomic E-state index is 13.4. The van der Waals surface area contributed by atoms with Crippen molar-refractivity contribution in [1.29, 1.82) is 0 Å². The number of nitrogens with one attached hydrogen (secondary N) is 2. The molecule has 212 valence electrons. The normalized spacial score (nSPS) is 26.9. The molecule has 2 aromatic heterocycles. The van der Waals surface area contributed by atoms with Gasteiger partial charge in [0.15, 0.2) is 5.78 Å². The van der Waals surface area contributed by atoms with E-state index in [-0.39, 0.29) is 29.1 Å². The number of aromatic nitrogens is 2. The van der Waals surface area contributed by atoms with Crippen molar-refractivity contribution in [3.63, 3.8) is 0 Å². The molecule has 40 heavy (non-hydrogen) atoms. The average molecular weight is 563 g/mol. The number of amides is 2. The molecule has 6 rings (SSSR count). The maximum absolute atomic E-state index is 13.4. The van der Waals surface area contributed by atoms with E-state index in [2.05, 4.69) is 39.6 Å². The molecule has 1 unspecified atom stereocenters. The second-order valence-corrected chi connectivity index (χ2v) is 13.0. The van der Waals surface area contributed by atoms with Gasteiger partial charge in [0.1, 0.15) is 17.0 Å². The Hall–Kier alpha value is -3.11. The van der Waals surface area contributed by atoms with Gasteiger partial charge in [0, 0.05) is 42.6 Å². The Labute approximate surface area is 239 Å². The van der Waals surface area contributed by atoms with Gasteiger partial charge < -0.3 is 20.4 Å². The van der Waals surface area contributed by atoms with E-state index >= 15 is 0 Å². The predicted molar refractivity (Wildman–Crippen MR) is 156 cm³/mol. The maximum Gasteiger partial charge on any atom is 0.264 e. The van der Waals surface area contributed by atoms with Crippen LogP contribution in [0.5, 0.6) is 0 Å². The summed E-state index contributed by atoms with van der Waals surface area (Å²) in [6.07, 6.45) is 11.6. The molecule has 3 fully saturated rings. The summed E-state index contributed by atoms with van der Waals surface area (Å²) in [7, 11) is 4.17. The predicted octanol–water partition coefficient (Wildman–Crippen LogP) is 4.28. The van der Waals surface area contributed by atoms with Crippen LogP contribution < -0.4 is 10.6 Å². The third-order valence-corrected chi connectivity index (χ3v) is 10.4. The Morgan fingerprint density at radius 3 is 2.60 bits per heavy atom. The molecule has 0 aromatic carbocycles. The van der Waals surface area contributed by atoms with Crippen LogP contribution in [0.4, 0.5) is 5.82 Å². The van der Waals surface area contributed by atoms with Crippen LogP contribution in [0, 0.1) is 5.92 Å². The lowest BCUT2D eigenvalue weighted by molar-refractivity contribution is -0.117. The number of ketones is 1. The molecule has 10 heteroatoms. The van der Waals surface area contributed by atoms with E-state index in [0.717, 1.165) is 68.1 Å². The smallest absolute Gasteiger partial charge is 0.264 e. The van der Waals surface area contributed by atoms with Gasteiger partial charge in [-0.25, -0.2) is 9.97 Å². The molecule has 2 aromatic rings. The molecule has 2 amide bonds. The fraction of sp³-hybridized carbons (Fsp3) is 0.567. The van der Waals surface area contributed by atoms with Crippen molar-refractivity contribution in [3.8, 4) is 0 Å². The number of nitrogens with zero attached hydrogens (tertiary/aromatic N) is 4. The van der Waals surface area contributed by atoms with Crippen molar-refractivity contribution in [2.24, 2.45) is 5.92 Å². The highest BCUT2D eigenvalue weighted by atomic mass is 32.1. The summed E-state index contributed by atoms with van der Waals surface area (Å²) in [5.74, 6) is 0.602. The van der Waals surface area contributed by atoms with Crippen LogP contribution in [0.2, 0.25) is 0 Å². The third-order valence-electron chi connectivity index (χ3n) is 9.39.